The first kappa shape index (κ1) is 12.3. The van der Waals surface area contributed by atoms with Crippen LogP contribution in [0.3, 0.4) is 0 Å². The van der Waals surface area contributed by atoms with Crippen molar-refractivity contribution in [2.45, 2.75) is 0 Å². The Hall–Kier alpha value is -2.74. The number of aldehydes is 2. The molecule has 0 unspecified atom stereocenters. The molecule has 0 aliphatic carbocycles. The fourth-order valence-electron chi connectivity index (χ4n) is 2.53. The average molecular weight is 260 g/mol. The molecule has 0 aromatic heterocycles. The van der Waals surface area contributed by atoms with Gasteiger partial charge in [0, 0.05) is 16.7 Å². The third-order valence-electron chi connectivity index (χ3n) is 3.43. The van der Waals surface area contributed by atoms with E-state index >= 15 is 0 Å². The first-order valence-corrected chi connectivity index (χ1v) is 6.36. The van der Waals surface area contributed by atoms with Crippen LogP contribution in [0, 0.1) is 0 Å². The molecule has 0 heterocycles. The van der Waals surface area contributed by atoms with Crippen molar-refractivity contribution in [3.63, 3.8) is 0 Å². The maximum Gasteiger partial charge on any atom is 0.151 e. The second-order valence-corrected chi connectivity index (χ2v) is 4.58. The van der Waals surface area contributed by atoms with E-state index in [9.17, 15) is 9.59 Å². The lowest BCUT2D eigenvalue weighted by Crippen LogP contribution is -1.96. The lowest BCUT2D eigenvalue weighted by Gasteiger charge is -2.12. The van der Waals surface area contributed by atoms with E-state index in [2.05, 4.69) is 0 Å². The van der Waals surface area contributed by atoms with Gasteiger partial charge in [-0.2, -0.15) is 0 Å². The van der Waals surface area contributed by atoms with Gasteiger partial charge in [-0.05, 0) is 22.4 Å². The number of hydrogen-bond donors (Lipinski definition) is 0. The monoisotopic (exact) mass is 260 g/mol. The van der Waals surface area contributed by atoms with Gasteiger partial charge in [-0.1, -0.05) is 54.6 Å². The first-order valence-electron chi connectivity index (χ1n) is 6.36. The van der Waals surface area contributed by atoms with Crippen LogP contribution >= 0.6 is 0 Å². The summed E-state index contributed by atoms with van der Waals surface area (Å²) in [5, 5.41) is 1.94. The van der Waals surface area contributed by atoms with Gasteiger partial charge in [-0.15, -0.1) is 0 Å². The summed E-state index contributed by atoms with van der Waals surface area (Å²) in [6.45, 7) is 0. The third kappa shape index (κ3) is 1.91. The Kier molecular flexibility index (Phi) is 3.13. The summed E-state index contributed by atoms with van der Waals surface area (Å²) >= 11 is 0. The largest absolute Gasteiger partial charge is 0.298 e. The van der Waals surface area contributed by atoms with E-state index in [1.165, 1.54) is 0 Å². The van der Waals surface area contributed by atoms with Crippen LogP contribution in [0.4, 0.5) is 0 Å². The van der Waals surface area contributed by atoms with Crippen LogP contribution in [-0.4, -0.2) is 12.6 Å². The zero-order chi connectivity index (χ0) is 13.9. The molecule has 0 amide bonds. The van der Waals surface area contributed by atoms with Crippen molar-refractivity contribution in [1.29, 1.82) is 0 Å². The Morgan fingerprint density at radius 2 is 1.45 bits per heavy atom. The molecule has 0 saturated carbocycles. The van der Waals surface area contributed by atoms with Gasteiger partial charge >= 0.3 is 0 Å². The van der Waals surface area contributed by atoms with Crippen LogP contribution in [0.15, 0.2) is 60.7 Å². The molecule has 0 bridgehead atoms. The van der Waals surface area contributed by atoms with Crippen molar-refractivity contribution < 1.29 is 9.59 Å². The highest BCUT2D eigenvalue weighted by Gasteiger charge is 2.13. The summed E-state index contributed by atoms with van der Waals surface area (Å²) in [7, 11) is 0. The molecule has 0 radical (unpaired) electrons. The molecule has 3 aromatic rings. The van der Waals surface area contributed by atoms with Crippen LogP contribution in [0.25, 0.3) is 21.9 Å². The molecule has 2 heteroatoms. The van der Waals surface area contributed by atoms with Crippen LogP contribution in [-0.2, 0) is 0 Å². The van der Waals surface area contributed by atoms with Crippen LogP contribution in [0.5, 0.6) is 0 Å². The van der Waals surface area contributed by atoms with Crippen molar-refractivity contribution in [3.8, 4) is 11.1 Å². The van der Waals surface area contributed by atoms with E-state index in [0.29, 0.717) is 11.1 Å². The van der Waals surface area contributed by atoms with E-state index in [4.69, 9.17) is 0 Å². The number of carbonyl (C=O) groups is 2. The standard InChI is InChI=1S/C18H12O2/c19-11-15-10-14-8-4-5-9-16(14)18(17(15)12-20)13-6-2-1-3-7-13/h1-12H. The minimum Gasteiger partial charge on any atom is -0.298 e. The van der Waals surface area contributed by atoms with E-state index < -0.39 is 0 Å². The number of rotatable bonds is 3. The maximum absolute atomic E-state index is 11.5. The molecule has 0 saturated heterocycles. The number of fused-ring (bicyclic) bond motifs is 1. The van der Waals surface area contributed by atoms with Crippen molar-refractivity contribution in [2.75, 3.05) is 0 Å². The Balaban J connectivity index is 2.49. The molecule has 0 fully saturated rings. The van der Waals surface area contributed by atoms with Crippen LogP contribution in [0.1, 0.15) is 20.7 Å². The smallest absolute Gasteiger partial charge is 0.151 e. The predicted octanol–water partition coefficient (Wildman–Crippen LogP) is 4.13. The molecule has 2 nitrogen and oxygen atoms in total. The summed E-state index contributed by atoms with van der Waals surface area (Å²) in [6, 6.07) is 19.2. The van der Waals surface area contributed by atoms with Crippen molar-refractivity contribution >= 4 is 23.3 Å². The lowest BCUT2D eigenvalue weighted by atomic mass is 9.90. The van der Waals surface area contributed by atoms with Gasteiger partial charge in [-0.25, -0.2) is 0 Å². The van der Waals surface area contributed by atoms with Gasteiger partial charge in [0.15, 0.2) is 12.6 Å². The molecule has 20 heavy (non-hydrogen) atoms. The molecule has 96 valence electrons. The topological polar surface area (TPSA) is 34.1 Å². The molecule has 3 rings (SSSR count). The number of hydrogen-bond acceptors (Lipinski definition) is 2. The second-order valence-electron chi connectivity index (χ2n) is 4.58. The Bertz CT molecular complexity index is 789. The second kappa shape index (κ2) is 5.10. The maximum atomic E-state index is 11.5. The van der Waals surface area contributed by atoms with Gasteiger partial charge in [-0.3, -0.25) is 9.59 Å². The summed E-state index contributed by atoms with van der Waals surface area (Å²) in [4.78, 5) is 22.7. The number of carbonyl (C=O) groups excluding carboxylic acids is 2. The normalized spacial score (nSPS) is 10.4. The fraction of sp³-hybridized carbons (Fsp3) is 0. The molecule has 0 aliphatic rings. The molecular formula is C18H12O2. The van der Waals surface area contributed by atoms with E-state index in [-0.39, 0.29) is 0 Å². The highest BCUT2D eigenvalue weighted by molar-refractivity contribution is 6.09. The van der Waals surface area contributed by atoms with Crippen molar-refractivity contribution in [1.82, 2.24) is 0 Å². The van der Waals surface area contributed by atoms with Gasteiger partial charge in [0.25, 0.3) is 0 Å². The summed E-state index contributed by atoms with van der Waals surface area (Å²) in [5.41, 5.74) is 2.64. The van der Waals surface area contributed by atoms with Gasteiger partial charge in [0.1, 0.15) is 0 Å². The quantitative estimate of drug-likeness (QED) is 0.663. The Labute approximate surface area is 116 Å². The van der Waals surface area contributed by atoms with Gasteiger partial charge in [0.05, 0.1) is 0 Å². The Morgan fingerprint density at radius 1 is 0.750 bits per heavy atom. The molecule has 0 aliphatic heterocycles. The van der Waals surface area contributed by atoms with E-state index in [1.807, 2.05) is 54.6 Å². The molecule has 0 N–H and O–H groups in total. The lowest BCUT2D eigenvalue weighted by molar-refractivity contribution is 0.109. The minimum absolute atomic E-state index is 0.428. The molecular weight excluding hydrogens is 248 g/mol. The van der Waals surface area contributed by atoms with Crippen LogP contribution < -0.4 is 0 Å². The van der Waals surface area contributed by atoms with Crippen molar-refractivity contribution in [3.05, 3.63) is 71.8 Å². The molecule has 0 spiro atoms. The van der Waals surface area contributed by atoms with Gasteiger partial charge < -0.3 is 0 Å². The highest BCUT2D eigenvalue weighted by atomic mass is 16.1. The summed E-state index contributed by atoms with van der Waals surface area (Å²) < 4.78 is 0. The predicted molar refractivity (Wildman–Crippen MR) is 80.2 cm³/mol. The van der Waals surface area contributed by atoms with Gasteiger partial charge in [0.2, 0.25) is 0 Å². The Morgan fingerprint density at radius 3 is 2.15 bits per heavy atom. The highest BCUT2D eigenvalue weighted by Crippen LogP contribution is 2.33. The molecule has 3 aromatic carbocycles. The fourth-order valence-corrected chi connectivity index (χ4v) is 2.53. The van der Waals surface area contributed by atoms with E-state index in [0.717, 1.165) is 34.5 Å². The SMILES string of the molecule is O=Cc1cc2ccccc2c(-c2ccccc2)c1C=O. The zero-order valence-corrected chi connectivity index (χ0v) is 10.7. The average Bonchev–Trinajstić information content (AvgIpc) is 2.53. The minimum atomic E-state index is 0.428. The van der Waals surface area contributed by atoms with Crippen molar-refractivity contribution in [2.24, 2.45) is 0 Å². The summed E-state index contributed by atoms with van der Waals surface area (Å²) in [6.07, 6.45) is 1.50. The third-order valence-corrected chi connectivity index (χ3v) is 3.43. The van der Waals surface area contributed by atoms with Crippen LogP contribution in [0.2, 0.25) is 0 Å². The molecule has 0 atom stereocenters. The summed E-state index contributed by atoms with van der Waals surface area (Å²) in [5.74, 6) is 0. The first-order chi connectivity index (χ1) is 9.85. The number of benzene rings is 3. The van der Waals surface area contributed by atoms with E-state index in [1.54, 1.807) is 6.07 Å². The zero-order valence-electron chi connectivity index (χ0n) is 10.7.